The van der Waals surface area contributed by atoms with Crippen LogP contribution >= 0.6 is 0 Å². The molecule has 5 nitrogen and oxygen atoms in total. The summed E-state index contributed by atoms with van der Waals surface area (Å²) in [6, 6.07) is 10.9. The van der Waals surface area contributed by atoms with E-state index in [0.717, 1.165) is 12.8 Å². The molecule has 23 heavy (non-hydrogen) atoms. The van der Waals surface area contributed by atoms with Crippen LogP contribution in [0.4, 0.5) is 0 Å². The lowest BCUT2D eigenvalue weighted by molar-refractivity contribution is -0.130. The number of amides is 1. The van der Waals surface area contributed by atoms with Crippen molar-refractivity contribution in [1.29, 1.82) is 0 Å². The molecule has 1 fully saturated rings. The summed E-state index contributed by atoms with van der Waals surface area (Å²) in [4.78, 5) is 24.8. The lowest BCUT2D eigenvalue weighted by Gasteiger charge is -2.17. The van der Waals surface area contributed by atoms with E-state index in [9.17, 15) is 9.59 Å². The monoisotopic (exact) mass is 313 g/mol. The minimum Gasteiger partial charge on any atom is -0.466 e. The topological polar surface area (TPSA) is 68.5 Å². The number of esters is 1. The number of hydrogen-bond acceptors (Lipinski definition) is 4. The molecule has 0 aliphatic heterocycles. The zero-order valence-corrected chi connectivity index (χ0v) is 13.2. The molecule has 1 aromatic carbocycles. The highest BCUT2D eigenvalue weighted by Gasteiger charge is 2.31. The van der Waals surface area contributed by atoms with Gasteiger partial charge in [0.25, 0.3) is 5.91 Å². The molecule has 0 radical (unpaired) electrons. The van der Waals surface area contributed by atoms with Crippen molar-refractivity contribution in [3.8, 4) is 0 Å². The van der Waals surface area contributed by atoms with Gasteiger partial charge >= 0.3 is 5.97 Å². The Morgan fingerprint density at radius 2 is 1.91 bits per heavy atom. The number of hydrogen-bond donors (Lipinski definition) is 1. The predicted molar refractivity (Wildman–Crippen MR) is 83.9 cm³/mol. The average molecular weight is 313 g/mol. The molecule has 1 aliphatic carbocycles. The molecular weight excluding hydrogens is 294 g/mol. The highest BCUT2D eigenvalue weighted by molar-refractivity contribution is 5.93. The van der Waals surface area contributed by atoms with Crippen molar-refractivity contribution in [2.75, 3.05) is 0 Å². The van der Waals surface area contributed by atoms with Crippen molar-refractivity contribution < 1.29 is 18.7 Å². The summed E-state index contributed by atoms with van der Waals surface area (Å²) in [5.74, 6) is 0.277. The van der Waals surface area contributed by atoms with E-state index < -0.39 is 12.1 Å². The highest BCUT2D eigenvalue weighted by Crippen LogP contribution is 2.25. The second kappa shape index (κ2) is 6.28. The number of carbonyl (C=O) groups excluding carboxylic acids is 2. The second-order valence-corrected chi connectivity index (χ2v) is 5.81. The second-order valence-electron chi connectivity index (χ2n) is 5.81. The lowest BCUT2D eigenvalue weighted by atomic mass is 10.1. The van der Waals surface area contributed by atoms with E-state index in [2.05, 4.69) is 5.32 Å². The van der Waals surface area contributed by atoms with Gasteiger partial charge in [0, 0.05) is 11.6 Å². The Labute approximate surface area is 134 Å². The van der Waals surface area contributed by atoms with Crippen molar-refractivity contribution in [3.63, 3.8) is 0 Å². The Bertz CT molecular complexity index is 716. The molecule has 5 heteroatoms. The van der Waals surface area contributed by atoms with Gasteiger partial charge in [-0.3, -0.25) is 4.79 Å². The molecule has 1 aliphatic rings. The van der Waals surface area contributed by atoms with Gasteiger partial charge in [0.15, 0.2) is 0 Å². The van der Waals surface area contributed by atoms with Crippen molar-refractivity contribution in [2.24, 2.45) is 0 Å². The minimum absolute atomic E-state index is 0.199. The largest absolute Gasteiger partial charge is 0.466 e. The van der Waals surface area contributed by atoms with Gasteiger partial charge in [-0.1, -0.05) is 30.3 Å². The van der Waals surface area contributed by atoms with E-state index >= 15 is 0 Å². The fourth-order valence-electron chi connectivity index (χ4n) is 2.41. The number of benzene rings is 1. The van der Waals surface area contributed by atoms with Gasteiger partial charge in [-0.15, -0.1) is 0 Å². The highest BCUT2D eigenvalue weighted by atomic mass is 16.5. The van der Waals surface area contributed by atoms with Gasteiger partial charge in [0.05, 0.1) is 0 Å². The Hall–Kier alpha value is -2.56. The molecule has 1 saturated carbocycles. The summed E-state index contributed by atoms with van der Waals surface area (Å²) in [7, 11) is 0. The first-order valence-corrected chi connectivity index (χ1v) is 7.68. The van der Waals surface area contributed by atoms with Crippen LogP contribution in [0.2, 0.25) is 0 Å². The smallest absolute Gasteiger partial charge is 0.342 e. The molecule has 1 heterocycles. The van der Waals surface area contributed by atoms with Gasteiger partial charge in [-0.2, -0.15) is 0 Å². The molecule has 1 atom stereocenters. The molecular formula is C18H19NO4. The third kappa shape index (κ3) is 3.62. The van der Waals surface area contributed by atoms with E-state index in [0.29, 0.717) is 22.6 Å². The molecule has 0 saturated heterocycles. The van der Waals surface area contributed by atoms with E-state index in [1.807, 2.05) is 18.2 Å². The van der Waals surface area contributed by atoms with Crippen LogP contribution in [-0.2, 0) is 9.53 Å². The van der Waals surface area contributed by atoms with Crippen LogP contribution in [0.25, 0.3) is 0 Å². The maximum atomic E-state index is 12.4. The average Bonchev–Trinajstić information content (AvgIpc) is 3.27. The zero-order chi connectivity index (χ0) is 16.4. The minimum atomic E-state index is -0.959. The SMILES string of the molecule is Cc1cc(C(=O)O[C@@H](C(=O)NC2CC2)c2ccccc2)c(C)o1. The molecule has 0 unspecified atom stereocenters. The Morgan fingerprint density at radius 1 is 1.22 bits per heavy atom. The number of aryl methyl sites for hydroxylation is 2. The first-order chi connectivity index (χ1) is 11.0. The standard InChI is InChI=1S/C18H19NO4/c1-11-10-15(12(2)22-11)18(21)23-16(13-6-4-3-5-7-13)17(20)19-14-8-9-14/h3-7,10,14,16H,8-9H2,1-2H3,(H,19,20)/t16-/m1/s1. The third-order valence-corrected chi connectivity index (χ3v) is 3.75. The summed E-state index contributed by atoms with van der Waals surface area (Å²) >= 11 is 0. The summed E-state index contributed by atoms with van der Waals surface area (Å²) in [5, 5.41) is 2.89. The van der Waals surface area contributed by atoms with E-state index in [1.165, 1.54) is 0 Å². The van der Waals surface area contributed by atoms with Gasteiger partial charge in [-0.25, -0.2) is 4.79 Å². The van der Waals surface area contributed by atoms with E-state index in [4.69, 9.17) is 9.15 Å². The molecule has 2 aromatic rings. The van der Waals surface area contributed by atoms with Gasteiger partial charge < -0.3 is 14.5 Å². The number of furan rings is 1. The van der Waals surface area contributed by atoms with Crippen molar-refractivity contribution in [2.45, 2.75) is 38.8 Å². The molecule has 0 bridgehead atoms. The first-order valence-electron chi connectivity index (χ1n) is 7.68. The number of rotatable bonds is 5. The molecule has 1 amide bonds. The normalized spacial score (nSPS) is 15.0. The molecule has 0 spiro atoms. The van der Waals surface area contributed by atoms with Crippen molar-refractivity contribution in [3.05, 3.63) is 59.0 Å². The van der Waals surface area contributed by atoms with Crippen LogP contribution in [0, 0.1) is 13.8 Å². The number of carbonyl (C=O) groups is 2. The Kier molecular flexibility index (Phi) is 4.19. The fraction of sp³-hybridized carbons (Fsp3) is 0.333. The predicted octanol–water partition coefficient (Wildman–Crippen LogP) is 3.07. The van der Waals surface area contributed by atoms with Crippen LogP contribution in [0.1, 0.15) is 46.4 Å². The third-order valence-electron chi connectivity index (χ3n) is 3.75. The van der Waals surface area contributed by atoms with Crippen molar-refractivity contribution in [1.82, 2.24) is 5.32 Å². The van der Waals surface area contributed by atoms with Gasteiger partial charge in [0.2, 0.25) is 6.10 Å². The van der Waals surface area contributed by atoms with E-state index in [1.54, 1.807) is 32.0 Å². The maximum absolute atomic E-state index is 12.4. The molecule has 1 aromatic heterocycles. The van der Waals surface area contributed by atoms with Gasteiger partial charge in [-0.05, 0) is 32.8 Å². The first kappa shape index (κ1) is 15.3. The summed E-state index contributed by atoms with van der Waals surface area (Å²) < 4.78 is 10.9. The number of ether oxygens (including phenoxy) is 1. The van der Waals surface area contributed by atoms with Crippen LogP contribution in [0.15, 0.2) is 40.8 Å². The number of nitrogens with one attached hydrogen (secondary N) is 1. The van der Waals surface area contributed by atoms with Crippen LogP contribution < -0.4 is 5.32 Å². The molecule has 3 rings (SSSR count). The van der Waals surface area contributed by atoms with Gasteiger partial charge in [0.1, 0.15) is 17.1 Å². The lowest BCUT2D eigenvalue weighted by Crippen LogP contribution is -2.33. The fourth-order valence-corrected chi connectivity index (χ4v) is 2.41. The Balaban J connectivity index is 1.81. The summed E-state index contributed by atoms with van der Waals surface area (Å²) in [5.41, 5.74) is 1.000. The Morgan fingerprint density at radius 3 is 2.48 bits per heavy atom. The molecule has 1 N–H and O–H groups in total. The van der Waals surface area contributed by atoms with E-state index in [-0.39, 0.29) is 11.9 Å². The zero-order valence-electron chi connectivity index (χ0n) is 13.2. The van der Waals surface area contributed by atoms with Crippen molar-refractivity contribution >= 4 is 11.9 Å². The quantitative estimate of drug-likeness (QED) is 0.861. The summed E-state index contributed by atoms with van der Waals surface area (Å²) in [6.45, 7) is 3.46. The van der Waals surface area contributed by atoms with Crippen LogP contribution in [-0.4, -0.2) is 17.9 Å². The maximum Gasteiger partial charge on any atom is 0.342 e. The van der Waals surface area contributed by atoms with Crippen LogP contribution in [0.3, 0.4) is 0 Å². The molecule has 120 valence electrons. The van der Waals surface area contributed by atoms with Crippen LogP contribution in [0.5, 0.6) is 0 Å². The summed E-state index contributed by atoms with van der Waals surface area (Å²) in [6.07, 6.45) is 0.988.